The van der Waals surface area contributed by atoms with Gasteiger partial charge in [-0.15, -0.1) is 0 Å². The molecule has 114 valence electrons. The Hall–Kier alpha value is -1.92. The minimum absolute atomic E-state index is 0.277. The van der Waals surface area contributed by atoms with Gasteiger partial charge in [0.15, 0.2) is 5.84 Å². The van der Waals surface area contributed by atoms with E-state index in [0.29, 0.717) is 11.5 Å². The van der Waals surface area contributed by atoms with Gasteiger partial charge in [0, 0.05) is 5.56 Å². The van der Waals surface area contributed by atoms with Crippen molar-refractivity contribution in [1.82, 2.24) is 5.43 Å². The highest BCUT2D eigenvalue weighted by Crippen LogP contribution is 2.46. The predicted molar refractivity (Wildman–Crippen MR) is 76.2 cm³/mol. The molecule has 2 heterocycles. The Bertz CT molecular complexity index is 637. The lowest BCUT2D eigenvalue weighted by molar-refractivity contribution is 0.151. The fourth-order valence-electron chi connectivity index (χ4n) is 2.88. The summed E-state index contributed by atoms with van der Waals surface area (Å²) < 4.78 is 40.4. The first-order chi connectivity index (χ1) is 9.63. The van der Waals surface area contributed by atoms with Crippen LogP contribution in [0.2, 0.25) is 0 Å². The Labute approximate surface area is 121 Å². The molecule has 7 heteroatoms. The van der Waals surface area contributed by atoms with Gasteiger partial charge in [0.05, 0.1) is 16.9 Å². The summed E-state index contributed by atoms with van der Waals surface area (Å²) in [4.78, 5) is 1.72. The highest BCUT2D eigenvalue weighted by Gasteiger charge is 2.48. The smallest absolute Gasteiger partial charge is 0.266 e. The zero-order chi connectivity index (χ0) is 15.6. The summed E-state index contributed by atoms with van der Waals surface area (Å²) in [7, 11) is 0. The Kier molecular flexibility index (Phi) is 2.71. The normalized spacial score (nSPS) is 21.3. The largest absolute Gasteiger partial charge is 0.371 e. The number of fused-ring (bicyclic) bond motifs is 3. The summed E-state index contributed by atoms with van der Waals surface area (Å²) in [5.41, 5.74) is 1.99. The van der Waals surface area contributed by atoms with Crippen LogP contribution in [0.15, 0.2) is 17.2 Å². The van der Waals surface area contributed by atoms with Crippen LogP contribution < -0.4 is 15.6 Å². The lowest BCUT2D eigenvalue weighted by Gasteiger charge is -2.45. The molecule has 0 fully saturated rings. The van der Waals surface area contributed by atoms with Gasteiger partial charge in [0.2, 0.25) is 0 Å². The minimum atomic E-state index is -2.77. The third-order valence-corrected chi connectivity index (χ3v) is 3.78. The Morgan fingerprint density at radius 3 is 2.48 bits per heavy atom. The van der Waals surface area contributed by atoms with E-state index in [1.165, 1.54) is 6.07 Å². The van der Waals surface area contributed by atoms with Gasteiger partial charge < -0.3 is 5.32 Å². The van der Waals surface area contributed by atoms with E-state index in [4.69, 9.17) is 0 Å². The van der Waals surface area contributed by atoms with E-state index < -0.39 is 23.4 Å². The van der Waals surface area contributed by atoms with Gasteiger partial charge in [-0.2, -0.15) is 5.10 Å². The molecule has 0 saturated carbocycles. The lowest BCUT2D eigenvalue weighted by Crippen LogP contribution is -2.59. The third-order valence-electron chi connectivity index (χ3n) is 3.78. The maximum atomic E-state index is 13.7. The maximum absolute atomic E-state index is 13.7. The monoisotopic (exact) mass is 298 g/mol. The van der Waals surface area contributed by atoms with Crippen molar-refractivity contribution in [2.24, 2.45) is 5.10 Å². The Morgan fingerprint density at radius 2 is 1.86 bits per heavy atom. The van der Waals surface area contributed by atoms with Crippen LogP contribution in [0, 0.1) is 5.82 Å². The molecule has 0 spiro atoms. The number of benzene rings is 1. The molecule has 0 aliphatic carbocycles. The van der Waals surface area contributed by atoms with Crippen molar-refractivity contribution in [2.45, 2.75) is 45.3 Å². The first kappa shape index (κ1) is 14.0. The zero-order valence-electron chi connectivity index (χ0n) is 12.3. The number of nitrogens with zero attached hydrogens (tertiary/aromatic N) is 2. The fourth-order valence-corrected chi connectivity index (χ4v) is 2.88. The number of hydrazone groups is 1. The van der Waals surface area contributed by atoms with Crippen molar-refractivity contribution in [1.29, 1.82) is 0 Å². The SMILES string of the molecule is CC1(C)Nc2cc(F)cc(C(F)F)c2N2C1=NNC2(C)C. The molecular weight excluding hydrogens is 281 g/mol. The van der Waals surface area contributed by atoms with Crippen molar-refractivity contribution in [2.75, 3.05) is 10.2 Å². The molecule has 3 rings (SSSR count). The molecule has 1 aromatic carbocycles. The molecule has 0 atom stereocenters. The quantitative estimate of drug-likeness (QED) is 0.834. The number of nitrogens with one attached hydrogen (secondary N) is 2. The van der Waals surface area contributed by atoms with Crippen molar-refractivity contribution >= 4 is 17.2 Å². The molecule has 0 amide bonds. The second-order valence-electron chi connectivity index (χ2n) is 6.38. The summed E-state index contributed by atoms with van der Waals surface area (Å²) >= 11 is 0. The van der Waals surface area contributed by atoms with Gasteiger partial charge in [0.25, 0.3) is 6.43 Å². The van der Waals surface area contributed by atoms with Gasteiger partial charge in [-0.25, -0.2) is 13.2 Å². The van der Waals surface area contributed by atoms with Crippen LogP contribution >= 0.6 is 0 Å². The average molecular weight is 298 g/mol. The second kappa shape index (κ2) is 4.05. The summed E-state index contributed by atoms with van der Waals surface area (Å²) in [5.74, 6) is -0.0776. The van der Waals surface area contributed by atoms with Crippen LogP contribution in [0.25, 0.3) is 0 Å². The standard InChI is InChI=1S/C14H17F3N4/c1-13(2)12-19-20-14(3,4)21(12)10-8(11(16)17)5-7(15)6-9(10)18-13/h5-6,11,18,20H,1-4H3. The number of rotatable bonds is 1. The van der Waals surface area contributed by atoms with E-state index >= 15 is 0 Å². The van der Waals surface area contributed by atoms with Crippen molar-refractivity contribution in [3.63, 3.8) is 0 Å². The predicted octanol–water partition coefficient (Wildman–Crippen LogP) is 3.43. The third kappa shape index (κ3) is 1.94. The maximum Gasteiger partial charge on any atom is 0.266 e. The fraction of sp³-hybridized carbons (Fsp3) is 0.500. The van der Waals surface area contributed by atoms with Crippen molar-refractivity contribution in [3.05, 3.63) is 23.5 Å². The van der Waals surface area contributed by atoms with Crippen molar-refractivity contribution in [3.8, 4) is 0 Å². The van der Waals surface area contributed by atoms with E-state index in [1.807, 2.05) is 27.7 Å². The Morgan fingerprint density at radius 1 is 1.19 bits per heavy atom. The number of alkyl halides is 2. The highest BCUT2D eigenvalue weighted by atomic mass is 19.3. The summed E-state index contributed by atoms with van der Waals surface area (Å²) in [5, 5.41) is 7.37. The van der Waals surface area contributed by atoms with Crippen LogP contribution in [-0.4, -0.2) is 17.0 Å². The second-order valence-corrected chi connectivity index (χ2v) is 6.38. The number of hydrogen-bond donors (Lipinski definition) is 2. The van der Waals surface area contributed by atoms with E-state index in [2.05, 4.69) is 15.8 Å². The number of hydrogen-bond acceptors (Lipinski definition) is 4. The van der Waals surface area contributed by atoms with Crippen molar-refractivity contribution < 1.29 is 13.2 Å². The number of anilines is 2. The van der Waals surface area contributed by atoms with Gasteiger partial charge in [-0.3, -0.25) is 10.3 Å². The molecule has 21 heavy (non-hydrogen) atoms. The van der Waals surface area contributed by atoms with Gasteiger partial charge >= 0.3 is 0 Å². The Balaban J connectivity index is 2.30. The lowest BCUT2D eigenvalue weighted by atomic mass is 9.93. The van der Waals surface area contributed by atoms with Crippen LogP contribution in [0.4, 0.5) is 24.5 Å². The van der Waals surface area contributed by atoms with Crippen LogP contribution in [0.5, 0.6) is 0 Å². The molecule has 2 N–H and O–H groups in total. The van der Waals surface area contributed by atoms with Gasteiger partial charge in [0.1, 0.15) is 11.5 Å². The molecule has 0 aromatic heterocycles. The number of halogens is 3. The van der Waals surface area contributed by atoms with Crippen LogP contribution in [-0.2, 0) is 0 Å². The van der Waals surface area contributed by atoms with Gasteiger partial charge in [-0.1, -0.05) is 0 Å². The molecule has 4 nitrogen and oxygen atoms in total. The van der Waals surface area contributed by atoms with E-state index in [-0.39, 0.29) is 11.3 Å². The first-order valence-electron chi connectivity index (χ1n) is 6.69. The molecular formula is C14H17F3N4. The first-order valence-corrected chi connectivity index (χ1v) is 6.69. The molecule has 0 radical (unpaired) electrons. The summed E-state index contributed by atoms with van der Waals surface area (Å²) in [6.45, 7) is 7.43. The zero-order valence-corrected chi connectivity index (χ0v) is 12.3. The topological polar surface area (TPSA) is 39.7 Å². The molecule has 0 saturated heterocycles. The minimum Gasteiger partial charge on any atom is -0.371 e. The van der Waals surface area contributed by atoms with Crippen LogP contribution in [0.3, 0.4) is 0 Å². The van der Waals surface area contributed by atoms with E-state index in [9.17, 15) is 13.2 Å². The molecule has 0 unspecified atom stereocenters. The van der Waals surface area contributed by atoms with E-state index in [0.717, 1.165) is 6.07 Å². The average Bonchev–Trinajstić information content (AvgIpc) is 2.64. The summed E-state index contributed by atoms with van der Waals surface area (Å²) in [6, 6.07) is 2.13. The van der Waals surface area contributed by atoms with Crippen LogP contribution in [0.1, 0.15) is 39.7 Å². The van der Waals surface area contributed by atoms with E-state index in [1.54, 1.807) is 4.90 Å². The molecule has 0 bridgehead atoms. The molecule has 1 aromatic rings. The van der Waals surface area contributed by atoms with Gasteiger partial charge in [-0.05, 0) is 39.8 Å². The highest BCUT2D eigenvalue weighted by molar-refractivity contribution is 6.13. The number of amidine groups is 1. The summed E-state index contributed by atoms with van der Waals surface area (Å²) in [6.07, 6.45) is -2.77. The molecule has 2 aliphatic rings. The molecule has 2 aliphatic heterocycles.